The van der Waals surface area contributed by atoms with Crippen LogP contribution in [0.25, 0.3) is 0 Å². The monoisotopic (exact) mass is 281 g/mol. The summed E-state index contributed by atoms with van der Waals surface area (Å²) in [6.07, 6.45) is -5.97. The zero-order chi connectivity index (χ0) is 14.0. The summed E-state index contributed by atoms with van der Waals surface area (Å²) in [7, 11) is 0. The van der Waals surface area contributed by atoms with Gasteiger partial charge in [0.1, 0.15) is 0 Å². The molecule has 0 radical (unpaired) electrons. The maximum absolute atomic E-state index is 12.4. The van der Waals surface area contributed by atoms with Crippen molar-refractivity contribution < 1.29 is 23.1 Å². The number of benzene rings is 1. The minimum absolute atomic E-state index is 0.196. The first-order chi connectivity index (χ1) is 8.13. The Balaban J connectivity index is 2.72. The number of carbonyl (C=O) groups excluding carboxylic acids is 1. The molecule has 0 saturated carbocycles. The van der Waals surface area contributed by atoms with Crippen LogP contribution < -0.4 is 5.32 Å². The van der Waals surface area contributed by atoms with Crippen LogP contribution in [-0.4, -0.2) is 22.8 Å². The summed E-state index contributed by atoms with van der Waals surface area (Å²) in [5.41, 5.74) is -2.87. The van der Waals surface area contributed by atoms with Crippen molar-refractivity contribution in [3.63, 3.8) is 0 Å². The smallest absolute Gasteiger partial charge is 0.380 e. The van der Waals surface area contributed by atoms with Crippen LogP contribution in [0.3, 0.4) is 0 Å². The van der Waals surface area contributed by atoms with Crippen LogP contribution in [-0.2, 0) is 4.79 Å². The van der Waals surface area contributed by atoms with E-state index in [1.54, 1.807) is 12.1 Å². The van der Waals surface area contributed by atoms with Gasteiger partial charge in [-0.05, 0) is 19.1 Å². The molecular formula is C11H11ClF3NO2. The summed E-state index contributed by atoms with van der Waals surface area (Å²) < 4.78 is 37.1. The molecule has 18 heavy (non-hydrogen) atoms. The number of amides is 1. The van der Waals surface area contributed by atoms with Gasteiger partial charge in [0.25, 0.3) is 0 Å². The highest BCUT2D eigenvalue weighted by molar-refractivity contribution is 6.33. The first kappa shape index (κ1) is 14.8. The Kier molecular flexibility index (Phi) is 4.24. The van der Waals surface area contributed by atoms with Crippen molar-refractivity contribution in [1.29, 1.82) is 0 Å². The molecule has 0 fully saturated rings. The SMILES string of the molecule is C[C@](O)(CC(=O)Nc1ccccc1Cl)C(F)(F)F. The lowest BCUT2D eigenvalue weighted by Crippen LogP contribution is -2.44. The van der Waals surface area contributed by atoms with Gasteiger partial charge in [0.15, 0.2) is 5.60 Å². The number of halogens is 4. The molecule has 0 unspecified atom stereocenters. The van der Waals surface area contributed by atoms with Crippen molar-refractivity contribution in [3.8, 4) is 0 Å². The van der Waals surface area contributed by atoms with Crippen LogP contribution in [0.1, 0.15) is 13.3 Å². The molecule has 0 aliphatic rings. The van der Waals surface area contributed by atoms with Crippen LogP contribution >= 0.6 is 11.6 Å². The van der Waals surface area contributed by atoms with Crippen LogP contribution in [0.15, 0.2) is 24.3 Å². The summed E-state index contributed by atoms with van der Waals surface area (Å²) in [6.45, 7) is 0.541. The Hall–Kier alpha value is -1.27. The largest absolute Gasteiger partial charge is 0.417 e. The molecule has 0 saturated heterocycles. The van der Waals surface area contributed by atoms with Gasteiger partial charge in [-0.1, -0.05) is 23.7 Å². The summed E-state index contributed by atoms with van der Waals surface area (Å²) in [5.74, 6) is -0.967. The van der Waals surface area contributed by atoms with Crippen LogP contribution in [0.2, 0.25) is 5.02 Å². The van der Waals surface area contributed by atoms with Gasteiger partial charge in [0.05, 0.1) is 17.1 Å². The summed E-state index contributed by atoms with van der Waals surface area (Å²) >= 11 is 5.73. The van der Waals surface area contributed by atoms with Gasteiger partial charge >= 0.3 is 6.18 Å². The van der Waals surface area contributed by atoms with Gasteiger partial charge in [0, 0.05) is 0 Å². The van der Waals surface area contributed by atoms with E-state index in [1.165, 1.54) is 12.1 Å². The lowest BCUT2D eigenvalue weighted by Gasteiger charge is -2.25. The van der Waals surface area contributed by atoms with E-state index < -0.39 is 24.1 Å². The average Bonchev–Trinajstić information content (AvgIpc) is 2.19. The first-order valence-corrected chi connectivity index (χ1v) is 5.35. The molecule has 0 bridgehead atoms. The van der Waals surface area contributed by atoms with Gasteiger partial charge in [-0.3, -0.25) is 4.79 Å². The highest BCUT2D eigenvalue weighted by Gasteiger charge is 2.50. The van der Waals surface area contributed by atoms with E-state index >= 15 is 0 Å². The molecule has 2 N–H and O–H groups in total. The summed E-state index contributed by atoms with van der Waals surface area (Å²) in [6, 6.07) is 6.12. The molecule has 0 aliphatic heterocycles. The quantitative estimate of drug-likeness (QED) is 0.895. The molecule has 0 heterocycles. The van der Waals surface area contributed by atoms with Gasteiger partial charge in [-0.15, -0.1) is 0 Å². The van der Waals surface area contributed by atoms with Crippen molar-refractivity contribution in [3.05, 3.63) is 29.3 Å². The zero-order valence-electron chi connectivity index (χ0n) is 9.38. The molecule has 0 spiro atoms. The maximum atomic E-state index is 12.4. The lowest BCUT2D eigenvalue weighted by atomic mass is 10.0. The van der Waals surface area contributed by atoms with E-state index in [2.05, 4.69) is 5.32 Å². The number of hydrogen-bond donors (Lipinski definition) is 2. The molecule has 100 valence electrons. The number of alkyl halides is 3. The highest BCUT2D eigenvalue weighted by Crippen LogP contribution is 2.33. The minimum atomic E-state index is -4.87. The molecule has 1 aromatic rings. The minimum Gasteiger partial charge on any atom is -0.380 e. The Morgan fingerprint density at radius 3 is 2.44 bits per heavy atom. The fourth-order valence-corrected chi connectivity index (χ4v) is 1.35. The Labute approximate surface area is 107 Å². The number of nitrogens with one attached hydrogen (secondary N) is 1. The van der Waals surface area contributed by atoms with Crippen molar-refractivity contribution in [2.24, 2.45) is 0 Å². The van der Waals surface area contributed by atoms with Gasteiger partial charge in [-0.2, -0.15) is 13.2 Å². The van der Waals surface area contributed by atoms with Crippen LogP contribution in [0, 0.1) is 0 Å². The Morgan fingerprint density at radius 1 is 1.39 bits per heavy atom. The van der Waals surface area contributed by atoms with Crippen molar-refractivity contribution in [2.75, 3.05) is 5.32 Å². The fourth-order valence-electron chi connectivity index (χ4n) is 1.17. The van der Waals surface area contributed by atoms with Gasteiger partial charge in [-0.25, -0.2) is 0 Å². The second-order valence-corrected chi connectivity index (χ2v) is 4.38. The van der Waals surface area contributed by atoms with Crippen LogP contribution in [0.4, 0.5) is 18.9 Å². The summed E-state index contributed by atoms with van der Waals surface area (Å²) in [4.78, 5) is 11.4. The average molecular weight is 282 g/mol. The lowest BCUT2D eigenvalue weighted by molar-refractivity contribution is -0.252. The second kappa shape index (κ2) is 5.16. The number of anilines is 1. The Bertz CT molecular complexity index is 446. The summed E-state index contributed by atoms with van der Waals surface area (Å²) in [5, 5.41) is 11.6. The van der Waals surface area contributed by atoms with E-state index in [0.29, 0.717) is 6.92 Å². The predicted octanol–water partition coefficient (Wildman–Crippen LogP) is 2.98. The molecule has 7 heteroatoms. The van der Waals surface area contributed by atoms with Crippen molar-refractivity contribution >= 4 is 23.2 Å². The normalized spacial score (nSPS) is 15.0. The standard InChI is InChI=1S/C11H11ClF3NO2/c1-10(18,11(13,14)15)6-9(17)16-8-5-3-2-4-7(8)12/h2-5,18H,6H2,1H3,(H,16,17)/t10-/m0/s1. The molecule has 1 amide bonds. The highest BCUT2D eigenvalue weighted by atomic mass is 35.5. The number of hydrogen-bond acceptors (Lipinski definition) is 2. The Morgan fingerprint density at radius 2 is 1.94 bits per heavy atom. The number of para-hydroxylation sites is 1. The van der Waals surface area contributed by atoms with E-state index in [9.17, 15) is 18.0 Å². The maximum Gasteiger partial charge on any atom is 0.417 e. The van der Waals surface area contributed by atoms with Crippen molar-refractivity contribution in [2.45, 2.75) is 25.1 Å². The van der Waals surface area contributed by atoms with E-state index in [0.717, 1.165) is 0 Å². The second-order valence-electron chi connectivity index (χ2n) is 3.98. The van der Waals surface area contributed by atoms with Crippen LogP contribution in [0.5, 0.6) is 0 Å². The zero-order valence-corrected chi connectivity index (χ0v) is 10.1. The van der Waals surface area contributed by atoms with E-state index in [1.807, 2.05) is 0 Å². The third-order valence-corrected chi connectivity index (χ3v) is 2.59. The topological polar surface area (TPSA) is 49.3 Å². The fraction of sp³-hybridized carbons (Fsp3) is 0.364. The number of carbonyl (C=O) groups is 1. The predicted molar refractivity (Wildman–Crippen MR) is 61.4 cm³/mol. The van der Waals surface area contributed by atoms with Gasteiger partial charge < -0.3 is 10.4 Å². The third kappa shape index (κ3) is 3.61. The molecule has 0 aliphatic carbocycles. The molecule has 0 aromatic heterocycles. The number of aliphatic hydroxyl groups is 1. The molecule has 1 atom stereocenters. The van der Waals surface area contributed by atoms with E-state index in [4.69, 9.17) is 16.7 Å². The third-order valence-electron chi connectivity index (χ3n) is 2.26. The number of rotatable bonds is 3. The van der Waals surface area contributed by atoms with Gasteiger partial charge in [0.2, 0.25) is 5.91 Å². The molecule has 1 rings (SSSR count). The molecule has 3 nitrogen and oxygen atoms in total. The molecular weight excluding hydrogens is 271 g/mol. The van der Waals surface area contributed by atoms with Crippen molar-refractivity contribution in [1.82, 2.24) is 0 Å². The molecule has 1 aromatic carbocycles. The van der Waals surface area contributed by atoms with E-state index in [-0.39, 0.29) is 10.7 Å². The first-order valence-electron chi connectivity index (χ1n) is 4.97.